The molecule has 1 N–H and O–H groups in total. The Kier molecular flexibility index (Phi) is 5.53. The molecule has 7 heteroatoms. The van der Waals surface area contributed by atoms with Crippen molar-refractivity contribution >= 4 is 28.2 Å². The molecule has 2 heterocycles. The number of carbonyl (C=O) groups excluding carboxylic acids is 1. The Morgan fingerprint density at radius 2 is 1.53 bits per heavy atom. The minimum absolute atomic E-state index is 0.339. The van der Waals surface area contributed by atoms with Gasteiger partial charge in [0.25, 0.3) is 11.5 Å². The van der Waals surface area contributed by atoms with Crippen LogP contribution in [0.25, 0.3) is 16.6 Å². The number of aromatic hydroxyl groups is 1. The Bertz CT molecular complexity index is 1420. The number of benzene rings is 3. The summed E-state index contributed by atoms with van der Waals surface area (Å²) in [4.78, 5) is 30.7. The number of para-hydroxylation sites is 1. The molecule has 1 fully saturated rings. The number of rotatable bonds is 4. The molecule has 1 saturated heterocycles. The van der Waals surface area contributed by atoms with E-state index < -0.39 is 17.3 Å². The van der Waals surface area contributed by atoms with Crippen molar-refractivity contribution in [2.75, 3.05) is 29.9 Å². The van der Waals surface area contributed by atoms with Gasteiger partial charge in [-0.3, -0.25) is 14.2 Å². The highest BCUT2D eigenvalue weighted by Gasteiger charge is 2.26. The quantitative estimate of drug-likeness (QED) is 0.482. The minimum Gasteiger partial charge on any atom is -0.506 e. The summed E-state index contributed by atoms with van der Waals surface area (Å²) in [6.45, 7) is 2.03. The van der Waals surface area contributed by atoms with E-state index in [0.717, 1.165) is 18.8 Å². The molecule has 0 spiro atoms. The number of aromatic nitrogens is 1. The zero-order valence-corrected chi connectivity index (χ0v) is 18.7. The summed E-state index contributed by atoms with van der Waals surface area (Å²) in [6, 6.07) is 19.8. The first-order valence-electron chi connectivity index (χ1n) is 11.2. The molecule has 3 aromatic carbocycles. The lowest BCUT2D eigenvalue weighted by Crippen LogP contribution is -2.34. The van der Waals surface area contributed by atoms with E-state index in [0.29, 0.717) is 22.3 Å². The Labute approximate surface area is 196 Å². The first-order valence-corrected chi connectivity index (χ1v) is 11.2. The van der Waals surface area contributed by atoms with Gasteiger partial charge >= 0.3 is 0 Å². The van der Waals surface area contributed by atoms with E-state index >= 15 is 0 Å². The average Bonchev–Trinajstić information content (AvgIpc) is 3.40. The number of halogens is 1. The Balaban J connectivity index is 1.59. The average molecular weight is 458 g/mol. The summed E-state index contributed by atoms with van der Waals surface area (Å²) >= 11 is 0. The van der Waals surface area contributed by atoms with Crippen LogP contribution in [0.15, 0.2) is 77.6 Å². The van der Waals surface area contributed by atoms with Gasteiger partial charge in [0, 0.05) is 42.6 Å². The third kappa shape index (κ3) is 3.69. The summed E-state index contributed by atoms with van der Waals surface area (Å²) in [6.07, 6.45) is 2.34. The van der Waals surface area contributed by atoms with Crippen LogP contribution in [0, 0.1) is 5.82 Å². The molecule has 5 rings (SSSR count). The Morgan fingerprint density at radius 1 is 0.912 bits per heavy atom. The maximum atomic E-state index is 13.5. The van der Waals surface area contributed by atoms with Crippen LogP contribution < -0.4 is 15.4 Å². The molecule has 0 unspecified atom stereocenters. The van der Waals surface area contributed by atoms with Crippen LogP contribution in [0.4, 0.5) is 15.8 Å². The van der Waals surface area contributed by atoms with E-state index in [9.17, 15) is 19.1 Å². The van der Waals surface area contributed by atoms with Crippen LogP contribution in [0.1, 0.15) is 23.2 Å². The van der Waals surface area contributed by atoms with Crippen molar-refractivity contribution in [2.45, 2.75) is 12.8 Å². The molecule has 1 aromatic heterocycles. The second-order valence-electron chi connectivity index (χ2n) is 8.43. The zero-order chi connectivity index (χ0) is 23.8. The molecule has 0 bridgehead atoms. The second kappa shape index (κ2) is 8.67. The summed E-state index contributed by atoms with van der Waals surface area (Å²) in [7, 11) is 1.57. The smallest absolute Gasteiger partial charge is 0.272 e. The predicted molar refractivity (Wildman–Crippen MR) is 132 cm³/mol. The molecule has 0 saturated carbocycles. The van der Waals surface area contributed by atoms with Gasteiger partial charge in [0.05, 0.1) is 5.52 Å². The highest BCUT2D eigenvalue weighted by atomic mass is 19.1. The standard InChI is InChI=1S/C27H24FN3O3/c1-29(19-12-14-20(15-13-19)30-16-4-5-17-30)26(33)24-25(32)22-6-2-3-7-23(22)31(27(24)34)21-10-8-18(28)9-11-21/h2-3,6-15,32H,4-5,16-17H2,1H3. The van der Waals surface area contributed by atoms with Crippen LogP contribution in [0.5, 0.6) is 5.75 Å². The van der Waals surface area contributed by atoms with E-state index in [4.69, 9.17) is 0 Å². The highest BCUT2D eigenvalue weighted by Crippen LogP contribution is 2.30. The third-order valence-electron chi connectivity index (χ3n) is 6.37. The number of hydrogen-bond acceptors (Lipinski definition) is 4. The van der Waals surface area contributed by atoms with Crippen molar-refractivity contribution in [3.8, 4) is 11.4 Å². The molecule has 0 radical (unpaired) electrons. The van der Waals surface area contributed by atoms with Gasteiger partial charge < -0.3 is 14.9 Å². The van der Waals surface area contributed by atoms with Gasteiger partial charge in [0.15, 0.2) is 0 Å². The van der Waals surface area contributed by atoms with Crippen LogP contribution in [0.2, 0.25) is 0 Å². The fourth-order valence-corrected chi connectivity index (χ4v) is 4.51. The van der Waals surface area contributed by atoms with Crippen molar-refractivity contribution in [2.24, 2.45) is 0 Å². The van der Waals surface area contributed by atoms with E-state index in [1.54, 1.807) is 31.3 Å². The van der Waals surface area contributed by atoms with E-state index in [1.807, 2.05) is 24.3 Å². The van der Waals surface area contributed by atoms with Crippen LogP contribution >= 0.6 is 0 Å². The maximum absolute atomic E-state index is 13.5. The topological polar surface area (TPSA) is 65.8 Å². The largest absolute Gasteiger partial charge is 0.506 e. The number of hydrogen-bond donors (Lipinski definition) is 1. The van der Waals surface area contributed by atoms with Gasteiger partial charge in [-0.15, -0.1) is 0 Å². The van der Waals surface area contributed by atoms with Crippen molar-refractivity contribution in [3.63, 3.8) is 0 Å². The number of anilines is 2. The molecular weight excluding hydrogens is 433 g/mol. The maximum Gasteiger partial charge on any atom is 0.272 e. The molecule has 0 aliphatic carbocycles. The lowest BCUT2D eigenvalue weighted by molar-refractivity contribution is 0.0989. The van der Waals surface area contributed by atoms with E-state index in [-0.39, 0.29) is 11.3 Å². The minimum atomic E-state index is -0.673. The van der Waals surface area contributed by atoms with Crippen LogP contribution in [0.3, 0.4) is 0 Å². The van der Waals surface area contributed by atoms with Crippen molar-refractivity contribution in [1.82, 2.24) is 4.57 Å². The molecule has 6 nitrogen and oxygen atoms in total. The Hall–Kier alpha value is -4.13. The predicted octanol–water partition coefficient (Wildman–Crippen LogP) is 4.71. The van der Waals surface area contributed by atoms with Crippen molar-refractivity contribution < 1.29 is 14.3 Å². The second-order valence-corrected chi connectivity index (χ2v) is 8.43. The summed E-state index contributed by atoms with van der Waals surface area (Å²) in [5.74, 6) is -1.43. The molecular formula is C27H24FN3O3. The fraction of sp³-hybridized carbons (Fsp3) is 0.185. The van der Waals surface area contributed by atoms with Crippen molar-refractivity contribution in [3.05, 3.63) is 94.5 Å². The highest BCUT2D eigenvalue weighted by molar-refractivity contribution is 6.10. The molecule has 0 atom stereocenters. The molecule has 172 valence electrons. The van der Waals surface area contributed by atoms with Crippen LogP contribution in [-0.4, -0.2) is 35.7 Å². The number of pyridine rings is 1. The normalized spacial score (nSPS) is 13.4. The summed E-state index contributed by atoms with van der Waals surface area (Å²) < 4.78 is 14.8. The number of carbonyl (C=O) groups is 1. The van der Waals surface area contributed by atoms with Crippen LogP contribution in [-0.2, 0) is 0 Å². The molecule has 1 aliphatic heterocycles. The first kappa shape index (κ1) is 21.7. The van der Waals surface area contributed by atoms with Gasteiger partial charge in [-0.2, -0.15) is 0 Å². The number of amides is 1. The lowest BCUT2D eigenvalue weighted by Gasteiger charge is -2.22. The fourth-order valence-electron chi connectivity index (χ4n) is 4.51. The molecule has 34 heavy (non-hydrogen) atoms. The van der Waals surface area contributed by atoms with Gasteiger partial charge in [0.2, 0.25) is 0 Å². The lowest BCUT2D eigenvalue weighted by atomic mass is 10.1. The first-order chi connectivity index (χ1) is 16.5. The Morgan fingerprint density at radius 3 is 2.21 bits per heavy atom. The van der Waals surface area contributed by atoms with E-state index in [2.05, 4.69) is 4.90 Å². The van der Waals surface area contributed by atoms with Gasteiger partial charge in [-0.1, -0.05) is 12.1 Å². The molecule has 1 aliphatic rings. The molecule has 1 amide bonds. The number of fused-ring (bicyclic) bond motifs is 1. The van der Waals surface area contributed by atoms with Gasteiger partial charge in [-0.25, -0.2) is 4.39 Å². The zero-order valence-electron chi connectivity index (χ0n) is 18.7. The SMILES string of the molecule is CN(C(=O)c1c(O)c2ccccc2n(-c2ccc(F)cc2)c1=O)c1ccc(N2CCCC2)cc1. The van der Waals surface area contributed by atoms with Gasteiger partial charge in [-0.05, 0) is 73.5 Å². The monoisotopic (exact) mass is 457 g/mol. The summed E-state index contributed by atoms with van der Waals surface area (Å²) in [5, 5.41) is 11.3. The number of nitrogens with zero attached hydrogens (tertiary/aromatic N) is 3. The third-order valence-corrected chi connectivity index (χ3v) is 6.37. The van der Waals surface area contributed by atoms with Crippen molar-refractivity contribution in [1.29, 1.82) is 0 Å². The van der Waals surface area contributed by atoms with E-state index in [1.165, 1.54) is 46.6 Å². The molecule has 4 aromatic rings. The van der Waals surface area contributed by atoms with Gasteiger partial charge in [0.1, 0.15) is 17.1 Å². The summed E-state index contributed by atoms with van der Waals surface area (Å²) in [5.41, 5.74) is 1.50.